The van der Waals surface area contributed by atoms with Crippen LogP contribution in [0.15, 0.2) is 16.7 Å². The molecule has 1 aliphatic heterocycles. The monoisotopic (exact) mass is 340 g/mol. The Labute approximate surface area is 125 Å². The smallest absolute Gasteiger partial charge is 0.312 e. The van der Waals surface area contributed by atoms with Gasteiger partial charge in [-0.05, 0) is 41.6 Å². The molecule has 1 saturated heterocycles. The molecule has 0 bridgehead atoms. The predicted octanol–water partition coefficient (Wildman–Crippen LogP) is 2.79. The van der Waals surface area contributed by atoms with E-state index in [2.05, 4.69) is 31.1 Å². The summed E-state index contributed by atoms with van der Waals surface area (Å²) in [5, 5.41) is 14.3. The molecule has 20 heavy (non-hydrogen) atoms. The number of anilines is 1. The van der Waals surface area contributed by atoms with Crippen LogP contribution in [0.1, 0.15) is 25.7 Å². The molecule has 0 radical (unpaired) electrons. The minimum atomic E-state index is -0.389. The highest BCUT2D eigenvalue weighted by Gasteiger charge is 2.32. The van der Waals surface area contributed by atoms with E-state index in [0.29, 0.717) is 10.3 Å². The van der Waals surface area contributed by atoms with Crippen LogP contribution in [-0.4, -0.2) is 40.0 Å². The molecule has 7 heteroatoms. The zero-order valence-corrected chi connectivity index (χ0v) is 12.7. The molecule has 6 nitrogen and oxygen atoms in total. The second kappa shape index (κ2) is 5.65. The number of hydrogen-bond donors (Lipinski definition) is 1. The Bertz CT molecular complexity index is 513. The van der Waals surface area contributed by atoms with Crippen molar-refractivity contribution in [2.75, 3.05) is 18.4 Å². The summed E-state index contributed by atoms with van der Waals surface area (Å²) in [5.74, 6) is 0.378. The van der Waals surface area contributed by atoms with E-state index in [0.717, 1.165) is 32.0 Å². The van der Waals surface area contributed by atoms with Crippen LogP contribution >= 0.6 is 15.9 Å². The Kier molecular flexibility index (Phi) is 3.89. The quantitative estimate of drug-likeness (QED) is 0.674. The third kappa shape index (κ3) is 3.09. The van der Waals surface area contributed by atoms with Crippen molar-refractivity contribution in [1.82, 2.24) is 9.88 Å². The van der Waals surface area contributed by atoms with Gasteiger partial charge in [-0.25, -0.2) is 4.98 Å². The zero-order valence-electron chi connectivity index (χ0n) is 11.1. The molecule has 1 aliphatic carbocycles. The third-order valence-electron chi connectivity index (χ3n) is 3.96. The van der Waals surface area contributed by atoms with E-state index in [9.17, 15) is 10.1 Å². The first-order valence-electron chi connectivity index (χ1n) is 6.94. The van der Waals surface area contributed by atoms with Crippen molar-refractivity contribution in [2.24, 2.45) is 0 Å². The van der Waals surface area contributed by atoms with Gasteiger partial charge < -0.3 is 10.2 Å². The SMILES string of the molecule is O=[N+]([O-])c1cc(Br)cnc1NC1CCN(C2CC2)CC1. The van der Waals surface area contributed by atoms with Crippen LogP contribution in [0.3, 0.4) is 0 Å². The molecule has 1 N–H and O–H groups in total. The number of pyridine rings is 1. The van der Waals surface area contributed by atoms with E-state index in [-0.39, 0.29) is 16.7 Å². The Balaban J connectivity index is 1.64. The van der Waals surface area contributed by atoms with Crippen molar-refractivity contribution in [3.05, 3.63) is 26.9 Å². The van der Waals surface area contributed by atoms with Crippen molar-refractivity contribution >= 4 is 27.4 Å². The molecule has 0 spiro atoms. The lowest BCUT2D eigenvalue weighted by atomic mass is 10.0. The van der Waals surface area contributed by atoms with Gasteiger partial charge in [0.25, 0.3) is 0 Å². The Morgan fingerprint density at radius 2 is 2.05 bits per heavy atom. The van der Waals surface area contributed by atoms with Gasteiger partial charge in [0.15, 0.2) is 0 Å². The van der Waals surface area contributed by atoms with E-state index < -0.39 is 0 Å². The lowest BCUT2D eigenvalue weighted by Gasteiger charge is -2.32. The second-order valence-electron chi connectivity index (χ2n) is 5.46. The highest BCUT2D eigenvalue weighted by molar-refractivity contribution is 9.10. The number of hydrogen-bond acceptors (Lipinski definition) is 5. The van der Waals surface area contributed by atoms with Crippen LogP contribution in [0.4, 0.5) is 11.5 Å². The summed E-state index contributed by atoms with van der Waals surface area (Å²) < 4.78 is 0.623. The van der Waals surface area contributed by atoms with E-state index in [4.69, 9.17) is 0 Å². The molecule has 2 fully saturated rings. The van der Waals surface area contributed by atoms with Crippen molar-refractivity contribution in [2.45, 2.75) is 37.8 Å². The van der Waals surface area contributed by atoms with E-state index in [1.165, 1.54) is 18.9 Å². The average Bonchev–Trinajstić information content (AvgIpc) is 3.26. The number of nitrogens with zero attached hydrogens (tertiary/aromatic N) is 3. The Morgan fingerprint density at radius 1 is 1.35 bits per heavy atom. The standard InChI is InChI=1S/C13H17BrN4O2/c14-9-7-12(18(19)20)13(15-8-9)16-10-3-5-17(6-4-10)11-1-2-11/h7-8,10-11H,1-6H2,(H,15,16). The minimum Gasteiger partial charge on any atom is -0.362 e. The number of aromatic nitrogens is 1. The molecule has 3 rings (SSSR count). The van der Waals surface area contributed by atoms with Gasteiger partial charge in [0, 0.05) is 41.9 Å². The van der Waals surface area contributed by atoms with Crippen LogP contribution in [0.5, 0.6) is 0 Å². The Morgan fingerprint density at radius 3 is 2.65 bits per heavy atom. The van der Waals surface area contributed by atoms with Gasteiger partial charge in [-0.15, -0.1) is 0 Å². The third-order valence-corrected chi connectivity index (χ3v) is 4.40. The maximum atomic E-state index is 11.1. The van der Waals surface area contributed by atoms with Crippen LogP contribution in [0.2, 0.25) is 0 Å². The molecule has 0 unspecified atom stereocenters. The van der Waals surface area contributed by atoms with Crippen LogP contribution in [0.25, 0.3) is 0 Å². The maximum Gasteiger partial charge on any atom is 0.312 e. The fourth-order valence-electron chi connectivity index (χ4n) is 2.72. The first kappa shape index (κ1) is 13.8. The summed E-state index contributed by atoms with van der Waals surface area (Å²) in [6.45, 7) is 2.15. The minimum absolute atomic E-state index is 0.0315. The summed E-state index contributed by atoms with van der Waals surface area (Å²) in [6, 6.07) is 2.57. The fourth-order valence-corrected chi connectivity index (χ4v) is 3.04. The molecule has 0 amide bonds. The van der Waals surface area contributed by atoms with Crippen molar-refractivity contribution in [3.8, 4) is 0 Å². The average molecular weight is 341 g/mol. The number of nitro groups is 1. The van der Waals surface area contributed by atoms with Gasteiger partial charge in [0.2, 0.25) is 5.82 Å². The largest absolute Gasteiger partial charge is 0.362 e. The van der Waals surface area contributed by atoms with Gasteiger partial charge in [0.05, 0.1) is 4.92 Å². The second-order valence-corrected chi connectivity index (χ2v) is 6.38. The summed E-state index contributed by atoms with van der Waals surface area (Å²) in [6.07, 6.45) is 6.29. The molecular formula is C13H17BrN4O2. The number of rotatable bonds is 4. The molecule has 1 aromatic heterocycles. The summed E-state index contributed by atoms with van der Waals surface area (Å²) in [4.78, 5) is 17.3. The van der Waals surface area contributed by atoms with Crippen LogP contribution in [0, 0.1) is 10.1 Å². The number of nitrogens with one attached hydrogen (secondary N) is 1. The van der Waals surface area contributed by atoms with Gasteiger partial charge in [-0.3, -0.25) is 10.1 Å². The van der Waals surface area contributed by atoms with Gasteiger partial charge in [-0.2, -0.15) is 0 Å². The molecule has 1 saturated carbocycles. The van der Waals surface area contributed by atoms with E-state index in [1.54, 1.807) is 6.20 Å². The van der Waals surface area contributed by atoms with Gasteiger partial charge >= 0.3 is 5.69 Å². The zero-order chi connectivity index (χ0) is 14.1. The number of halogens is 1. The molecular weight excluding hydrogens is 324 g/mol. The van der Waals surface area contributed by atoms with Gasteiger partial charge in [-0.1, -0.05) is 0 Å². The fraction of sp³-hybridized carbons (Fsp3) is 0.615. The normalized spacial score (nSPS) is 20.9. The topological polar surface area (TPSA) is 71.3 Å². The summed E-state index contributed by atoms with van der Waals surface area (Å²) in [7, 11) is 0. The molecule has 108 valence electrons. The predicted molar refractivity (Wildman–Crippen MR) is 79.8 cm³/mol. The highest BCUT2D eigenvalue weighted by Crippen LogP contribution is 2.31. The number of likely N-dealkylation sites (tertiary alicyclic amines) is 1. The molecule has 2 heterocycles. The lowest BCUT2D eigenvalue weighted by molar-refractivity contribution is -0.384. The molecule has 2 aliphatic rings. The van der Waals surface area contributed by atoms with Crippen LogP contribution in [-0.2, 0) is 0 Å². The summed E-state index contributed by atoms with van der Waals surface area (Å²) in [5.41, 5.74) is 0.0315. The summed E-state index contributed by atoms with van der Waals surface area (Å²) >= 11 is 3.22. The van der Waals surface area contributed by atoms with Crippen molar-refractivity contribution in [3.63, 3.8) is 0 Å². The molecule has 1 aromatic rings. The first-order chi connectivity index (χ1) is 9.63. The Hall–Kier alpha value is -1.21. The lowest BCUT2D eigenvalue weighted by Crippen LogP contribution is -2.40. The first-order valence-corrected chi connectivity index (χ1v) is 7.73. The van der Waals surface area contributed by atoms with Crippen molar-refractivity contribution < 1.29 is 4.92 Å². The maximum absolute atomic E-state index is 11.1. The molecule has 0 atom stereocenters. The number of piperidine rings is 1. The highest BCUT2D eigenvalue weighted by atomic mass is 79.9. The molecule has 0 aromatic carbocycles. The van der Waals surface area contributed by atoms with Crippen molar-refractivity contribution in [1.29, 1.82) is 0 Å². The van der Waals surface area contributed by atoms with Crippen LogP contribution < -0.4 is 5.32 Å². The van der Waals surface area contributed by atoms with E-state index in [1.807, 2.05) is 0 Å². The van der Waals surface area contributed by atoms with E-state index >= 15 is 0 Å². The van der Waals surface area contributed by atoms with Gasteiger partial charge in [0.1, 0.15) is 0 Å².